The summed E-state index contributed by atoms with van der Waals surface area (Å²) < 4.78 is 16.9. The quantitative estimate of drug-likeness (QED) is 0.279. The molecule has 0 spiro atoms. The molecular formula is C31H53N5O5. The number of nitrogens with zero attached hydrogens (tertiary/aromatic N) is 1. The van der Waals surface area contributed by atoms with Gasteiger partial charge in [-0.3, -0.25) is 30.4 Å². The van der Waals surface area contributed by atoms with Crippen LogP contribution in [0.5, 0.6) is 0 Å². The van der Waals surface area contributed by atoms with Gasteiger partial charge in [0.25, 0.3) is 0 Å². The first-order chi connectivity index (χ1) is 19.6. The normalized spacial score (nSPS) is 29.3. The number of amides is 1. The zero-order valence-corrected chi connectivity index (χ0v) is 25.6. The van der Waals surface area contributed by atoms with E-state index in [1.54, 1.807) is 6.26 Å². The van der Waals surface area contributed by atoms with Gasteiger partial charge < -0.3 is 19.2 Å². The van der Waals surface area contributed by atoms with Gasteiger partial charge in [-0.05, 0) is 103 Å². The van der Waals surface area contributed by atoms with E-state index in [4.69, 9.17) is 13.9 Å². The van der Waals surface area contributed by atoms with E-state index in [0.717, 1.165) is 89.9 Å². The van der Waals surface area contributed by atoms with E-state index in [1.807, 2.05) is 32.9 Å². The topological polar surface area (TPSA) is 117 Å². The molecule has 4 N–H and O–H groups in total. The Hall–Kier alpha value is -1.98. The Labute approximate surface area is 246 Å². The molecule has 10 nitrogen and oxygen atoms in total. The second-order valence-corrected chi connectivity index (χ2v) is 13.3. The first-order valence-electron chi connectivity index (χ1n) is 15.7. The molecule has 0 aromatic carbocycles. The minimum Gasteiger partial charge on any atom is -0.468 e. The van der Waals surface area contributed by atoms with Crippen molar-refractivity contribution in [2.45, 2.75) is 103 Å². The summed E-state index contributed by atoms with van der Waals surface area (Å²) in [6, 6.07) is 4.44. The van der Waals surface area contributed by atoms with Crippen LogP contribution in [0.1, 0.15) is 77.9 Å². The third kappa shape index (κ3) is 11.0. The van der Waals surface area contributed by atoms with Crippen LogP contribution < -0.4 is 21.3 Å². The van der Waals surface area contributed by atoms with Gasteiger partial charge in [0.05, 0.1) is 25.5 Å². The lowest BCUT2D eigenvalue weighted by atomic mass is 9.75. The number of hydrogen-bond donors (Lipinski definition) is 4. The van der Waals surface area contributed by atoms with Crippen molar-refractivity contribution in [1.29, 1.82) is 0 Å². The monoisotopic (exact) mass is 575 g/mol. The number of esters is 1. The van der Waals surface area contributed by atoms with Crippen LogP contribution in [-0.4, -0.2) is 80.6 Å². The van der Waals surface area contributed by atoms with E-state index >= 15 is 0 Å². The number of nitrogens with one attached hydrogen (secondary N) is 4. The van der Waals surface area contributed by atoms with Gasteiger partial charge in [0, 0.05) is 31.6 Å². The zero-order chi connectivity index (χ0) is 29.2. The Balaban J connectivity index is 1.04. The molecule has 2 heterocycles. The summed E-state index contributed by atoms with van der Waals surface area (Å²) in [5.74, 6) is 1.78. The lowest BCUT2D eigenvalue weighted by Gasteiger charge is -2.40. The summed E-state index contributed by atoms with van der Waals surface area (Å²) in [7, 11) is 2.10. The van der Waals surface area contributed by atoms with Crippen molar-refractivity contribution in [2.75, 3.05) is 39.8 Å². The highest BCUT2D eigenvalue weighted by Gasteiger charge is 2.33. The average Bonchev–Trinajstić information content (AvgIpc) is 3.45. The Morgan fingerprint density at radius 2 is 1.73 bits per heavy atom. The molecule has 41 heavy (non-hydrogen) atoms. The number of likely N-dealkylation sites (N-methyl/N-ethyl adjacent to an activating group) is 1. The smallest absolute Gasteiger partial charge is 0.325 e. The van der Waals surface area contributed by atoms with Gasteiger partial charge in [-0.25, -0.2) is 0 Å². The van der Waals surface area contributed by atoms with Crippen LogP contribution >= 0.6 is 0 Å². The van der Waals surface area contributed by atoms with E-state index in [-0.39, 0.29) is 30.6 Å². The molecule has 0 radical (unpaired) electrons. The van der Waals surface area contributed by atoms with Gasteiger partial charge in [0.15, 0.2) is 0 Å². The van der Waals surface area contributed by atoms with Gasteiger partial charge in [-0.2, -0.15) is 0 Å². The number of ether oxygens (including phenoxy) is 2. The fourth-order valence-corrected chi connectivity index (χ4v) is 6.42. The Bertz CT molecular complexity index is 912. The maximum atomic E-state index is 12.6. The Kier molecular flexibility index (Phi) is 12.1. The lowest BCUT2D eigenvalue weighted by Crippen LogP contribution is -2.63. The predicted molar refractivity (Wildman–Crippen MR) is 158 cm³/mol. The summed E-state index contributed by atoms with van der Waals surface area (Å²) >= 11 is 0. The molecule has 10 heteroatoms. The number of furan rings is 1. The standard InChI is InChI=1S/C31H53N5O5/c1-31(2,3)41-28(37)20-32-29(38)23-9-7-22(8-10-23)24-18-33-30(34-19-24)35-25-11-13-26(14-12-25)40-17-15-36(4)21-27-6-5-16-39-27/h5-6,16,22-26,30,33-35H,7-15,17-21H2,1-4H3,(H,32,38). The molecule has 0 atom stereocenters. The van der Waals surface area contributed by atoms with Gasteiger partial charge in [-0.1, -0.05) is 0 Å². The second kappa shape index (κ2) is 15.5. The minimum atomic E-state index is -0.538. The molecule has 1 saturated heterocycles. The Morgan fingerprint density at radius 3 is 2.37 bits per heavy atom. The summed E-state index contributed by atoms with van der Waals surface area (Å²) in [6.07, 6.45) is 10.6. The van der Waals surface area contributed by atoms with E-state index in [0.29, 0.717) is 24.0 Å². The molecule has 3 fully saturated rings. The molecule has 0 unspecified atom stereocenters. The fourth-order valence-electron chi connectivity index (χ4n) is 6.42. The van der Waals surface area contributed by atoms with E-state index in [2.05, 4.69) is 33.2 Å². The summed E-state index contributed by atoms with van der Waals surface area (Å²) in [5, 5.41) is 13.9. The molecule has 1 aromatic heterocycles. The number of hydrogen-bond acceptors (Lipinski definition) is 9. The predicted octanol–water partition coefficient (Wildman–Crippen LogP) is 2.99. The van der Waals surface area contributed by atoms with E-state index in [1.165, 1.54) is 0 Å². The maximum absolute atomic E-state index is 12.6. The molecule has 2 aliphatic carbocycles. The highest BCUT2D eigenvalue weighted by atomic mass is 16.6. The highest BCUT2D eigenvalue weighted by Crippen LogP contribution is 2.34. The van der Waals surface area contributed by atoms with Crippen LogP contribution in [0.2, 0.25) is 0 Å². The van der Waals surface area contributed by atoms with Gasteiger partial charge in [0.2, 0.25) is 5.91 Å². The molecule has 0 bridgehead atoms. The van der Waals surface area contributed by atoms with Crippen LogP contribution in [0.3, 0.4) is 0 Å². The number of rotatable bonds is 12. The summed E-state index contributed by atoms with van der Waals surface area (Å²) in [6.45, 7) is 9.89. The second-order valence-electron chi connectivity index (χ2n) is 13.3. The fraction of sp³-hybridized carbons (Fsp3) is 0.806. The average molecular weight is 576 g/mol. The van der Waals surface area contributed by atoms with Crippen molar-refractivity contribution >= 4 is 11.9 Å². The van der Waals surface area contributed by atoms with Gasteiger partial charge in [0.1, 0.15) is 24.2 Å². The van der Waals surface area contributed by atoms with Gasteiger partial charge in [-0.15, -0.1) is 0 Å². The number of carbonyl (C=O) groups is 2. The first-order valence-corrected chi connectivity index (χ1v) is 15.7. The highest BCUT2D eigenvalue weighted by molar-refractivity contribution is 5.83. The van der Waals surface area contributed by atoms with Crippen molar-refractivity contribution in [3.05, 3.63) is 24.2 Å². The largest absolute Gasteiger partial charge is 0.468 e. The van der Waals surface area contributed by atoms with Crippen molar-refractivity contribution in [1.82, 2.24) is 26.2 Å². The van der Waals surface area contributed by atoms with Crippen molar-refractivity contribution < 1.29 is 23.5 Å². The summed E-state index contributed by atoms with van der Waals surface area (Å²) in [5.41, 5.74) is -0.538. The van der Waals surface area contributed by atoms with E-state index < -0.39 is 5.60 Å². The maximum Gasteiger partial charge on any atom is 0.325 e. The Morgan fingerprint density at radius 1 is 1.02 bits per heavy atom. The third-order valence-corrected chi connectivity index (χ3v) is 8.71. The van der Waals surface area contributed by atoms with Crippen LogP contribution in [0.15, 0.2) is 22.8 Å². The molecule has 1 aromatic rings. The van der Waals surface area contributed by atoms with Crippen LogP contribution in [0, 0.1) is 17.8 Å². The minimum absolute atomic E-state index is 0.00523. The lowest BCUT2D eigenvalue weighted by molar-refractivity contribution is -0.154. The van der Waals surface area contributed by atoms with Gasteiger partial charge >= 0.3 is 5.97 Å². The van der Waals surface area contributed by atoms with Crippen molar-refractivity contribution in [3.8, 4) is 0 Å². The molecule has 4 rings (SSSR count). The van der Waals surface area contributed by atoms with Crippen LogP contribution in [0.25, 0.3) is 0 Å². The van der Waals surface area contributed by atoms with E-state index in [9.17, 15) is 9.59 Å². The van der Waals surface area contributed by atoms with Crippen LogP contribution in [0.4, 0.5) is 0 Å². The van der Waals surface area contributed by atoms with Crippen molar-refractivity contribution in [3.63, 3.8) is 0 Å². The zero-order valence-electron chi connectivity index (χ0n) is 25.6. The van der Waals surface area contributed by atoms with Crippen molar-refractivity contribution in [2.24, 2.45) is 17.8 Å². The third-order valence-electron chi connectivity index (χ3n) is 8.71. The molecule has 2 saturated carbocycles. The summed E-state index contributed by atoms with van der Waals surface area (Å²) in [4.78, 5) is 26.7. The molecule has 1 aliphatic heterocycles. The molecule has 3 aliphatic rings. The molecular weight excluding hydrogens is 522 g/mol. The molecule has 232 valence electrons. The SMILES string of the molecule is CN(CCOC1CCC(NC2NCC(C3CCC(C(=O)NCC(=O)OC(C)(C)C)CC3)CN2)CC1)Cc1ccco1. The van der Waals surface area contributed by atoms with Crippen LogP contribution in [-0.2, 0) is 25.6 Å². The molecule has 1 amide bonds. The number of carbonyl (C=O) groups excluding carboxylic acids is 2. The first kappa shape index (κ1) is 31.9.